The van der Waals surface area contributed by atoms with Crippen LogP contribution in [0.1, 0.15) is 31.4 Å². The van der Waals surface area contributed by atoms with E-state index in [1.807, 2.05) is 49.4 Å². The van der Waals surface area contributed by atoms with Crippen molar-refractivity contribution in [3.8, 4) is 11.5 Å². The van der Waals surface area contributed by atoms with E-state index in [1.165, 1.54) is 0 Å². The van der Waals surface area contributed by atoms with E-state index >= 15 is 0 Å². The normalized spacial score (nSPS) is 10.4. The van der Waals surface area contributed by atoms with Gasteiger partial charge in [-0.25, -0.2) is 0 Å². The molecule has 0 aliphatic heterocycles. The molecule has 2 aromatic rings. The van der Waals surface area contributed by atoms with Crippen molar-refractivity contribution in [3.63, 3.8) is 0 Å². The number of anilines is 1. The molecule has 0 radical (unpaired) electrons. The monoisotopic (exact) mass is 315 g/mol. The van der Waals surface area contributed by atoms with E-state index in [0.717, 1.165) is 34.7 Å². The van der Waals surface area contributed by atoms with Crippen LogP contribution in [-0.4, -0.2) is 18.3 Å². The fourth-order valence-electron chi connectivity index (χ4n) is 2.29. The molecule has 0 bridgehead atoms. The molecule has 4 nitrogen and oxygen atoms in total. The summed E-state index contributed by atoms with van der Waals surface area (Å²) in [5.74, 6) is 1.56. The average Bonchev–Trinajstić information content (AvgIpc) is 2.59. The van der Waals surface area contributed by atoms with Gasteiger partial charge in [-0.15, -0.1) is 0 Å². The van der Waals surface area contributed by atoms with Crippen LogP contribution < -0.4 is 14.8 Å². The molecule has 0 heterocycles. The van der Waals surface area contributed by atoms with Crippen LogP contribution in [0.2, 0.25) is 0 Å². The molecule has 0 aliphatic rings. The van der Waals surface area contributed by atoms with Gasteiger partial charge in [0.2, 0.25) is 0 Å². The highest BCUT2D eigenvalue weighted by Crippen LogP contribution is 2.29. The smallest absolute Gasteiger partial charge is 0.161 e. The third-order valence-corrected chi connectivity index (χ3v) is 3.44. The van der Waals surface area contributed by atoms with Crippen LogP contribution in [0.5, 0.6) is 11.5 Å². The summed E-state index contributed by atoms with van der Waals surface area (Å²) in [6.07, 6.45) is 0.965. The fourth-order valence-corrected chi connectivity index (χ4v) is 2.29. The lowest BCUT2D eigenvalue weighted by atomic mass is 10.1. The van der Waals surface area contributed by atoms with Gasteiger partial charge in [-0.1, -0.05) is 31.2 Å². The molecule has 0 atom stereocenters. The van der Waals surface area contributed by atoms with E-state index < -0.39 is 0 Å². The van der Waals surface area contributed by atoms with Gasteiger partial charge in [-0.2, -0.15) is 0 Å². The van der Waals surface area contributed by atoms with Crippen molar-refractivity contribution in [3.05, 3.63) is 53.6 Å². The first kappa shape index (κ1) is 17.2. The minimum absolute atomic E-state index is 0.0250. The molecule has 0 aromatic heterocycles. The zero-order valence-electron chi connectivity index (χ0n) is 13.8. The number of aliphatic hydroxyl groups excluding tert-OH is 1. The summed E-state index contributed by atoms with van der Waals surface area (Å²) >= 11 is 0. The van der Waals surface area contributed by atoms with Gasteiger partial charge in [-0.05, 0) is 37.1 Å². The lowest BCUT2D eigenvalue weighted by Gasteiger charge is -2.14. The van der Waals surface area contributed by atoms with E-state index in [0.29, 0.717) is 19.8 Å². The Morgan fingerprint density at radius 2 is 1.83 bits per heavy atom. The molecule has 0 fully saturated rings. The predicted octanol–water partition coefficient (Wildman–Crippen LogP) is 3.98. The number of hydrogen-bond donors (Lipinski definition) is 2. The molecular weight excluding hydrogens is 290 g/mol. The van der Waals surface area contributed by atoms with E-state index in [-0.39, 0.29) is 6.61 Å². The van der Waals surface area contributed by atoms with Crippen molar-refractivity contribution < 1.29 is 14.6 Å². The minimum atomic E-state index is 0.0250. The summed E-state index contributed by atoms with van der Waals surface area (Å²) in [7, 11) is 0. The zero-order chi connectivity index (χ0) is 16.5. The number of aliphatic hydroxyl groups is 1. The maximum Gasteiger partial charge on any atom is 0.161 e. The van der Waals surface area contributed by atoms with Crippen LogP contribution in [0.4, 0.5) is 5.69 Å². The van der Waals surface area contributed by atoms with Gasteiger partial charge in [0.25, 0.3) is 0 Å². The van der Waals surface area contributed by atoms with Gasteiger partial charge in [0.05, 0.1) is 19.8 Å². The van der Waals surface area contributed by atoms with Crippen LogP contribution >= 0.6 is 0 Å². The van der Waals surface area contributed by atoms with Gasteiger partial charge in [0, 0.05) is 17.8 Å². The second-order valence-electron chi connectivity index (χ2n) is 5.23. The highest BCUT2D eigenvalue weighted by atomic mass is 16.5. The molecule has 124 valence electrons. The first-order valence-electron chi connectivity index (χ1n) is 8.09. The molecule has 0 saturated carbocycles. The molecule has 0 unspecified atom stereocenters. The third kappa shape index (κ3) is 4.89. The maximum absolute atomic E-state index is 9.37. The minimum Gasteiger partial charge on any atom is -0.490 e. The van der Waals surface area contributed by atoms with Gasteiger partial charge < -0.3 is 19.9 Å². The Labute approximate surface area is 138 Å². The van der Waals surface area contributed by atoms with E-state index in [1.54, 1.807) is 0 Å². The first-order valence-corrected chi connectivity index (χ1v) is 8.09. The standard InChI is InChI=1S/C19H25NO3/c1-3-11-23-18-10-9-15(12-19(18)22-4-2)13-20-17-8-6-5-7-16(17)14-21/h5-10,12,20-21H,3-4,11,13-14H2,1-2H3. The van der Waals surface area contributed by atoms with Gasteiger partial charge in [-0.3, -0.25) is 0 Å². The topological polar surface area (TPSA) is 50.7 Å². The van der Waals surface area contributed by atoms with Crippen LogP contribution in [0.15, 0.2) is 42.5 Å². The maximum atomic E-state index is 9.37. The molecule has 0 saturated heterocycles. The van der Waals surface area contributed by atoms with Crippen molar-refractivity contribution in [2.24, 2.45) is 0 Å². The quantitative estimate of drug-likeness (QED) is 0.735. The largest absolute Gasteiger partial charge is 0.490 e. The first-order chi connectivity index (χ1) is 11.3. The Kier molecular flexibility index (Phi) is 6.76. The highest BCUT2D eigenvalue weighted by molar-refractivity contribution is 5.52. The van der Waals surface area contributed by atoms with Crippen molar-refractivity contribution in [2.45, 2.75) is 33.4 Å². The molecule has 23 heavy (non-hydrogen) atoms. The van der Waals surface area contributed by atoms with Crippen LogP contribution in [0.25, 0.3) is 0 Å². The van der Waals surface area contributed by atoms with Gasteiger partial charge in [0.15, 0.2) is 11.5 Å². The molecular formula is C19H25NO3. The van der Waals surface area contributed by atoms with E-state index in [2.05, 4.69) is 12.2 Å². The fraction of sp³-hybridized carbons (Fsp3) is 0.368. The third-order valence-electron chi connectivity index (χ3n) is 3.44. The predicted molar refractivity (Wildman–Crippen MR) is 93.1 cm³/mol. The molecule has 2 N–H and O–H groups in total. The number of hydrogen-bond acceptors (Lipinski definition) is 4. The Bertz CT molecular complexity index is 613. The number of nitrogens with one attached hydrogen (secondary N) is 1. The Morgan fingerprint density at radius 3 is 2.57 bits per heavy atom. The van der Waals surface area contributed by atoms with Crippen molar-refractivity contribution in [2.75, 3.05) is 18.5 Å². The summed E-state index contributed by atoms with van der Waals surface area (Å²) in [4.78, 5) is 0. The van der Waals surface area contributed by atoms with Crippen molar-refractivity contribution in [1.29, 1.82) is 0 Å². The Balaban J connectivity index is 2.09. The second-order valence-corrected chi connectivity index (χ2v) is 5.23. The number of rotatable bonds is 9. The lowest BCUT2D eigenvalue weighted by molar-refractivity contribution is 0.276. The lowest BCUT2D eigenvalue weighted by Crippen LogP contribution is -2.04. The van der Waals surface area contributed by atoms with Gasteiger partial charge >= 0.3 is 0 Å². The Hall–Kier alpha value is -2.20. The van der Waals surface area contributed by atoms with Crippen LogP contribution in [-0.2, 0) is 13.2 Å². The SMILES string of the molecule is CCCOc1ccc(CNc2ccccc2CO)cc1OCC. The summed E-state index contributed by atoms with van der Waals surface area (Å²) in [6, 6.07) is 13.7. The van der Waals surface area contributed by atoms with E-state index in [9.17, 15) is 5.11 Å². The van der Waals surface area contributed by atoms with Gasteiger partial charge in [0.1, 0.15) is 0 Å². The molecule has 0 spiro atoms. The Morgan fingerprint density at radius 1 is 1.00 bits per heavy atom. The average molecular weight is 315 g/mol. The summed E-state index contributed by atoms with van der Waals surface area (Å²) < 4.78 is 11.4. The summed E-state index contributed by atoms with van der Waals surface area (Å²) in [5.41, 5.74) is 2.93. The number of para-hydroxylation sites is 1. The second kappa shape index (κ2) is 9.06. The van der Waals surface area contributed by atoms with Crippen LogP contribution in [0.3, 0.4) is 0 Å². The summed E-state index contributed by atoms with van der Waals surface area (Å²) in [5, 5.41) is 12.7. The number of ether oxygens (including phenoxy) is 2. The van der Waals surface area contributed by atoms with Crippen molar-refractivity contribution in [1.82, 2.24) is 0 Å². The molecule has 4 heteroatoms. The zero-order valence-corrected chi connectivity index (χ0v) is 13.8. The van der Waals surface area contributed by atoms with Crippen molar-refractivity contribution >= 4 is 5.69 Å². The highest BCUT2D eigenvalue weighted by Gasteiger charge is 2.07. The molecule has 0 amide bonds. The summed E-state index contributed by atoms with van der Waals surface area (Å²) in [6.45, 7) is 6.01. The van der Waals surface area contributed by atoms with Crippen LogP contribution in [0, 0.1) is 0 Å². The molecule has 2 rings (SSSR count). The molecule has 2 aromatic carbocycles. The van der Waals surface area contributed by atoms with E-state index in [4.69, 9.17) is 9.47 Å². The molecule has 0 aliphatic carbocycles. The number of benzene rings is 2.